The Balaban J connectivity index is 4.79. The van der Waals surface area contributed by atoms with Crippen molar-refractivity contribution in [1.29, 1.82) is 0 Å². The Morgan fingerprint density at radius 2 is 1.62 bits per heavy atom. The Kier molecular flexibility index (Phi) is 7.30. The molecule has 0 radical (unpaired) electrons. The third-order valence-corrected chi connectivity index (χ3v) is 3.83. The third-order valence-electron chi connectivity index (χ3n) is 1.64. The Morgan fingerprint density at radius 1 is 1.12 bits per heavy atom. The highest BCUT2D eigenvalue weighted by molar-refractivity contribution is 7.58. The van der Waals surface area contributed by atoms with Crippen LogP contribution in [0.25, 0.3) is 0 Å². The van der Waals surface area contributed by atoms with Crippen molar-refractivity contribution in [2.45, 2.75) is 27.7 Å². The van der Waals surface area contributed by atoms with E-state index in [2.05, 4.69) is 0 Å². The van der Waals surface area contributed by atoms with Crippen molar-refractivity contribution >= 4 is 13.6 Å². The van der Waals surface area contributed by atoms with Gasteiger partial charge in [0.1, 0.15) is 0 Å². The summed E-state index contributed by atoms with van der Waals surface area (Å²) in [4.78, 5) is 11.2. The Morgan fingerprint density at radius 3 is 2.00 bits per heavy atom. The minimum atomic E-state index is -3.33. The maximum atomic E-state index is 12.1. The van der Waals surface area contributed by atoms with E-state index in [1.54, 1.807) is 20.8 Å². The molecular formula is C10H19O5P. The van der Waals surface area contributed by atoms with Crippen LogP contribution in [-0.4, -0.2) is 25.8 Å². The van der Waals surface area contributed by atoms with Crippen LogP contribution in [0.4, 0.5) is 0 Å². The minimum absolute atomic E-state index is 0.255. The number of hydrogen-bond donors (Lipinski definition) is 0. The molecule has 0 heterocycles. The highest BCUT2D eigenvalue weighted by atomic mass is 31.2. The van der Waals surface area contributed by atoms with Crippen LogP contribution in [-0.2, 0) is 23.1 Å². The number of hydrogen-bond acceptors (Lipinski definition) is 5. The van der Waals surface area contributed by atoms with Crippen LogP contribution in [0.5, 0.6) is 0 Å². The standard InChI is InChI=1S/C10H19O5P/c1-5-13-10(11)8-9(4)16(12,14-6-2)15-7-3/h8H,5-7H2,1-4H3/b9-8+. The third kappa shape index (κ3) is 4.92. The number of ether oxygens (including phenoxy) is 1. The molecule has 0 aromatic rings. The lowest BCUT2D eigenvalue weighted by atomic mass is 10.5. The lowest BCUT2D eigenvalue weighted by molar-refractivity contribution is -0.137. The summed E-state index contributed by atoms with van der Waals surface area (Å²) in [5, 5.41) is 0.259. The van der Waals surface area contributed by atoms with E-state index in [1.807, 2.05) is 0 Å². The predicted molar refractivity (Wildman–Crippen MR) is 61.2 cm³/mol. The van der Waals surface area contributed by atoms with Crippen molar-refractivity contribution in [3.63, 3.8) is 0 Å². The summed E-state index contributed by atoms with van der Waals surface area (Å²) in [5.41, 5.74) is 0. The van der Waals surface area contributed by atoms with E-state index in [-0.39, 0.29) is 25.1 Å². The molecule has 16 heavy (non-hydrogen) atoms. The second-order valence-corrected chi connectivity index (χ2v) is 5.09. The molecule has 0 N–H and O–H groups in total. The highest BCUT2D eigenvalue weighted by Crippen LogP contribution is 2.55. The van der Waals surface area contributed by atoms with Crippen LogP contribution in [0.1, 0.15) is 27.7 Å². The van der Waals surface area contributed by atoms with Gasteiger partial charge in [-0.25, -0.2) is 4.79 Å². The average molecular weight is 250 g/mol. The molecule has 0 saturated carbocycles. The van der Waals surface area contributed by atoms with E-state index < -0.39 is 13.6 Å². The van der Waals surface area contributed by atoms with Crippen LogP contribution < -0.4 is 0 Å². The van der Waals surface area contributed by atoms with Gasteiger partial charge in [0.05, 0.1) is 19.8 Å². The zero-order chi connectivity index (χ0) is 12.6. The maximum absolute atomic E-state index is 12.1. The predicted octanol–water partition coefficient (Wildman–Crippen LogP) is 2.72. The molecule has 0 atom stereocenters. The van der Waals surface area contributed by atoms with Gasteiger partial charge in [-0.1, -0.05) is 0 Å². The number of rotatable bonds is 7. The SMILES string of the molecule is CCOC(=O)/C=C(\C)P(=O)(OCC)OCC. The average Bonchev–Trinajstić information content (AvgIpc) is 2.18. The van der Waals surface area contributed by atoms with Crippen molar-refractivity contribution in [3.05, 3.63) is 11.4 Å². The topological polar surface area (TPSA) is 61.8 Å². The Labute approximate surface area is 96.3 Å². The molecule has 5 nitrogen and oxygen atoms in total. The summed E-state index contributed by atoms with van der Waals surface area (Å²) in [6.45, 7) is 7.44. The van der Waals surface area contributed by atoms with Crippen LogP contribution in [0, 0.1) is 0 Å². The fraction of sp³-hybridized carbons (Fsp3) is 0.700. The molecule has 0 unspecified atom stereocenters. The first-order valence-electron chi connectivity index (χ1n) is 5.24. The lowest BCUT2D eigenvalue weighted by Crippen LogP contribution is -2.03. The summed E-state index contributed by atoms with van der Waals surface area (Å²) in [6, 6.07) is 0. The zero-order valence-electron chi connectivity index (χ0n) is 10.2. The van der Waals surface area contributed by atoms with Crippen LogP contribution >= 0.6 is 7.60 Å². The molecule has 0 spiro atoms. The van der Waals surface area contributed by atoms with Crippen molar-refractivity contribution in [1.82, 2.24) is 0 Å². The molecule has 0 aromatic heterocycles. The van der Waals surface area contributed by atoms with Gasteiger partial charge >= 0.3 is 13.6 Å². The van der Waals surface area contributed by atoms with Crippen molar-refractivity contribution in [3.8, 4) is 0 Å². The molecule has 0 saturated heterocycles. The fourth-order valence-electron chi connectivity index (χ4n) is 1.01. The smallest absolute Gasteiger partial charge is 0.357 e. The molecule has 0 bridgehead atoms. The molecule has 0 aliphatic rings. The van der Waals surface area contributed by atoms with Gasteiger partial charge in [-0.2, -0.15) is 0 Å². The Hall–Kier alpha value is -0.640. The first kappa shape index (κ1) is 15.4. The second-order valence-electron chi connectivity index (χ2n) is 2.87. The van der Waals surface area contributed by atoms with E-state index in [0.717, 1.165) is 6.08 Å². The van der Waals surface area contributed by atoms with Crippen molar-refractivity contribution in [2.24, 2.45) is 0 Å². The summed E-state index contributed by atoms with van der Waals surface area (Å²) >= 11 is 0. The Bertz CT molecular complexity index is 288. The van der Waals surface area contributed by atoms with E-state index in [0.29, 0.717) is 0 Å². The van der Waals surface area contributed by atoms with Gasteiger partial charge < -0.3 is 13.8 Å². The molecule has 94 valence electrons. The molecule has 0 aliphatic carbocycles. The normalized spacial score (nSPS) is 12.6. The van der Waals surface area contributed by atoms with E-state index in [1.165, 1.54) is 6.92 Å². The quantitative estimate of drug-likeness (QED) is 0.395. The number of carbonyl (C=O) groups excluding carboxylic acids is 1. The van der Waals surface area contributed by atoms with Crippen LogP contribution in [0.3, 0.4) is 0 Å². The molecule has 0 aliphatic heterocycles. The van der Waals surface area contributed by atoms with Crippen molar-refractivity contribution < 1.29 is 23.1 Å². The van der Waals surface area contributed by atoms with Crippen molar-refractivity contribution in [2.75, 3.05) is 19.8 Å². The molecule has 0 fully saturated rings. The molecule has 0 rings (SSSR count). The summed E-state index contributed by atoms with van der Waals surface area (Å²) in [5.74, 6) is -0.542. The van der Waals surface area contributed by atoms with Gasteiger partial charge in [0.15, 0.2) is 0 Å². The molecule has 0 amide bonds. The minimum Gasteiger partial charge on any atom is -0.463 e. The summed E-state index contributed by atoms with van der Waals surface area (Å²) in [6.07, 6.45) is 1.15. The van der Waals surface area contributed by atoms with Gasteiger partial charge in [0.25, 0.3) is 0 Å². The zero-order valence-corrected chi connectivity index (χ0v) is 11.1. The van der Waals surface area contributed by atoms with E-state index in [4.69, 9.17) is 13.8 Å². The fourth-order valence-corrected chi connectivity index (χ4v) is 2.44. The number of allylic oxidation sites excluding steroid dienone is 1. The second kappa shape index (κ2) is 7.60. The summed E-state index contributed by atoms with van der Waals surface area (Å²) in [7, 11) is -3.33. The first-order valence-corrected chi connectivity index (χ1v) is 6.79. The molecule has 6 heteroatoms. The monoisotopic (exact) mass is 250 g/mol. The number of carbonyl (C=O) groups is 1. The largest absolute Gasteiger partial charge is 0.463 e. The number of esters is 1. The van der Waals surface area contributed by atoms with Gasteiger partial charge in [-0.3, -0.25) is 4.57 Å². The molecule has 0 aromatic carbocycles. The highest BCUT2D eigenvalue weighted by Gasteiger charge is 2.26. The van der Waals surface area contributed by atoms with Crippen LogP contribution in [0.2, 0.25) is 0 Å². The molecular weight excluding hydrogens is 231 g/mol. The first-order chi connectivity index (χ1) is 7.50. The van der Waals surface area contributed by atoms with Gasteiger partial charge in [0.2, 0.25) is 0 Å². The van der Waals surface area contributed by atoms with E-state index >= 15 is 0 Å². The summed E-state index contributed by atoms with van der Waals surface area (Å²) < 4.78 is 27.0. The lowest BCUT2D eigenvalue weighted by Gasteiger charge is -2.17. The van der Waals surface area contributed by atoms with Crippen LogP contribution in [0.15, 0.2) is 11.4 Å². The van der Waals surface area contributed by atoms with Gasteiger partial charge in [-0.05, 0) is 27.7 Å². The maximum Gasteiger partial charge on any atom is 0.357 e. The van der Waals surface area contributed by atoms with E-state index in [9.17, 15) is 9.36 Å². The van der Waals surface area contributed by atoms with Gasteiger partial charge in [-0.15, -0.1) is 0 Å². The van der Waals surface area contributed by atoms with Gasteiger partial charge in [0, 0.05) is 11.4 Å².